The lowest BCUT2D eigenvalue weighted by atomic mass is 9.87. The summed E-state index contributed by atoms with van der Waals surface area (Å²) in [5, 5.41) is 5.36. The van der Waals surface area contributed by atoms with Crippen molar-refractivity contribution >= 4 is 24.2 Å². The molecule has 0 aliphatic heterocycles. The largest absolute Gasteiger partial charge is 0.355 e. The molecule has 0 aliphatic rings. The van der Waals surface area contributed by atoms with E-state index in [4.69, 9.17) is 5.73 Å². The number of hydrogen-bond acceptors (Lipinski definition) is 3. The van der Waals surface area contributed by atoms with Crippen LogP contribution in [0, 0.1) is 5.41 Å². The summed E-state index contributed by atoms with van der Waals surface area (Å²) in [6, 6.07) is 6.53. The molecule has 1 rings (SSSR count). The van der Waals surface area contributed by atoms with Gasteiger partial charge in [-0.1, -0.05) is 32.9 Å². The second-order valence-electron chi connectivity index (χ2n) is 5.84. The fourth-order valence-corrected chi connectivity index (χ4v) is 1.61. The van der Waals surface area contributed by atoms with Crippen LogP contribution in [0.3, 0.4) is 0 Å². The van der Waals surface area contributed by atoms with Crippen molar-refractivity contribution < 1.29 is 9.59 Å². The highest BCUT2D eigenvalue weighted by molar-refractivity contribution is 5.93. The third-order valence-electron chi connectivity index (χ3n) is 3.13. The molecule has 118 valence electrons. The average molecular weight is 314 g/mol. The van der Waals surface area contributed by atoms with E-state index in [1.165, 1.54) is 0 Å². The van der Waals surface area contributed by atoms with Crippen molar-refractivity contribution in [3.05, 3.63) is 35.4 Å². The van der Waals surface area contributed by atoms with E-state index < -0.39 is 6.04 Å². The summed E-state index contributed by atoms with van der Waals surface area (Å²) in [4.78, 5) is 23.3. The van der Waals surface area contributed by atoms with Crippen LogP contribution >= 0.6 is 12.4 Å². The Hall–Kier alpha value is -1.59. The number of nitrogens with two attached hydrogens (primary N) is 1. The molecule has 1 atom stereocenters. The molecule has 0 spiro atoms. The lowest BCUT2D eigenvalue weighted by Gasteiger charge is -2.25. The zero-order chi connectivity index (χ0) is 15.3. The van der Waals surface area contributed by atoms with Crippen LogP contribution in [0.1, 0.15) is 36.7 Å². The van der Waals surface area contributed by atoms with Gasteiger partial charge in [-0.25, -0.2) is 0 Å². The van der Waals surface area contributed by atoms with E-state index in [9.17, 15) is 9.59 Å². The number of benzene rings is 1. The van der Waals surface area contributed by atoms with E-state index in [2.05, 4.69) is 10.6 Å². The van der Waals surface area contributed by atoms with Gasteiger partial charge >= 0.3 is 0 Å². The van der Waals surface area contributed by atoms with Crippen LogP contribution < -0.4 is 16.4 Å². The minimum absolute atomic E-state index is 0. The van der Waals surface area contributed by atoms with Gasteiger partial charge in [-0.3, -0.25) is 9.59 Å². The van der Waals surface area contributed by atoms with E-state index in [1.54, 1.807) is 19.2 Å². The predicted molar refractivity (Wildman–Crippen MR) is 86.4 cm³/mol. The Morgan fingerprint density at radius 1 is 1.19 bits per heavy atom. The number of nitrogens with one attached hydrogen (secondary N) is 2. The van der Waals surface area contributed by atoms with Crippen LogP contribution in [0.4, 0.5) is 0 Å². The van der Waals surface area contributed by atoms with E-state index >= 15 is 0 Å². The van der Waals surface area contributed by atoms with Crippen LogP contribution in [0.15, 0.2) is 24.3 Å². The topological polar surface area (TPSA) is 84.2 Å². The highest BCUT2D eigenvalue weighted by atomic mass is 35.5. The third-order valence-corrected chi connectivity index (χ3v) is 3.13. The van der Waals surface area contributed by atoms with Gasteiger partial charge in [-0.2, -0.15) is 0 Å². The van der Waals surface area contributed by atoms with E-state index in [1.807, 2.05) is 32.9 Å². The first-order chi connectivity index (χ1) is 9.25. The maximum atomic E-state index is 11.9. The van der Waals surface area contributed by atoms with Gasteiger partial charge in [0.2, 0.25) is 5.91 Å². The van der Waals surface area contributed by atoms with Crippen molar-refractivity contribution in [2.45, 2.75) is 33.4 Å². The van der Waals surface area contributed by atoms with Crippen molar-refractivity contribution in [2.24, 2.45) is 11.1 Å². The van der Waals surface area contributed by atoms with Crippen molar-refractivity contribution in [1.29, 1.82) is 0 Å². The smallest absolute Gasteiger partial charge is 0.251 e. The first kappa shape index (κ1) is 19.4. The predicted octanol–water partition coefficient (Wildman–Crippen LogP) is 1.46. The molecule has 0 aliphatic carbocycles. The van der Waals surface area contributed by atoms with Crippen molar-refractivity contribution in [2.75, 3.05) is 7.05 Å². The van der Waals surface area contributed by atoms with Gasteiger partial charge in [0.15, 0.2) is 0 Å². The quantitative estimate of drug-likeness (QED) is 0.786. The maximum Gasteiger partial charge on any atom is 0.251 e. The van der Waals surface area contributed by atoms with Gasteiger partial charge in [0.05, 0.1) is 6.04 Å². The monoisotopic (exact) mass is 313 g/mol. The Bertz CT molecular complexity index is 481. The molecule has 5 nitrogen and oxygen atoms in total. The Morgan fingerprint density at radius 2 is 1.71 bits per heavy atom. The molecule has 0 saturated carbocycles. The highest BCUT2D eigenvalue weighted by Gasteiger charge is 2.26. The summed E-state index contributed by atoms with van der Waals surface area (Å²) >= 11 is 0. The molecular formula is C15H24ClN3O2. The first-order valence-corrected chi connectivity index (χ1v) is 6.60. The fourth-order valence-electron chi connectivity index (χ4n) is 1.61. The summed E-state index contributed by atoms with van der Waals surface area (Å²) in [5.74, 6) is -0.303. The van der Waals surface area contributed by atoms with Crippen LogP contribution in [0.2, 0.25) is 0 Å². The van der Waals surface area contributed by atoms with Gasteiger partial charge in [0.1, 0.15) is 0 Å². The van der Waals surface area contributed by atoms with Crippen molar-refractivity contribution in [1.82, 2.24) is 10.6 Å². The second kappa shape index (κ2) is 8.00. The third kappa shape index (κ3) is 5.73. The van der Waals surface area contributed by atoms with Crippen LogP contribution in [-0.2, 0) is 11.3 Å². The second-order valence-corrected chi connectivity index (χ2v) is 5.84. The molecule has 6 heteroatoms. The Labute approximate surface area is 132 Å². The Kier molecular flexibility index (Phi) is 7.39. The molecule has 0 heterocycles. The SMILES string of the molecule is CNC(=O)c1ccc(CNC(=O)[C@@H](N)C(C)(C)C)cc1.Cl. The van der Waals surface area contributed by atoms with E-state index in [0.29, 0.717) is 12.1 Å². The molecule has 1 aromatic carbocycles. The normalized spacial score (nSPS) is 12.0. The zero-order valence-electron chi connectivity index (χ0n) is 12.9. The number of hydrogen-bond donors (Lipinski definition) is 3. The maximum absolute atomic E-state index is 11.9. The molecule has 0 radical (unpaired) electrons. The van der Waals surface area contributed by atoms with Gasteiger partial charge in [0, 0.05) is 19.2 Å². The van der Waals surface area contributed by atoms with Gasteiger partial charge < -0.3 is 16.4 Å². The van der Waals surface area contributed by atoms with Gasteiger partial charge in [-0.05, 0) is 23.1 Å². The number of carbonyl (C=O) groups is 2. The molecule has 0 unspecified atom stereocenters. The minimum atomic E-state index is -0.548. The minimum Gasteiger partial charge on any atom is -0.355 e. The van der Waals surface area contributed by atoms with E-state index in [-0.39, 0.29) is 29.6 Å². The summed E-state index contributed by atoms with van der Waals surface area (Å²) in [7, 11) is 1.59. The lowest BCUT2D eigenvalue weighted by Crippen LogP contribution is -2.48. The average Bonchev–Trinajstić information content (AvgIpc) is 2.42. The van der Waals surface area contributed by atoms with Crippen LogP contribution in [-0.4, -0.2) is 24.9 Å². The molecule has 0 bridgehead atoms. The Balaban J connectivity index is 0.00000400. The van der Waals surface area contributed by atoms with Crippen LogP contribution in [0.5, 0.6) is 0 Å². The molecule has 21 heavy (non-hydrogen) atoms. The summed E-state index contributed by atoms with van der Waals surface area (Å²) in [5.41, 5.74) is 7.12. The standard InChI is InChI=1S/C15H23N3O2.ClH/c1-15(2,3)12(16)14(20)18-9-10-5-7-11(8-6-10)13(19)17-4;/h5-8,12H,9,16H2,1-4H3,(H,17,19)(H,18,20);1H/t12-;/m1./s1. The zero-order valence-corrected chi connectivity index (χ0v) is 13.7. The van der Waals surface area contributed by atoms with Gasteiger partial charge in [0.25, 0.3) is 5.91 Å². The highest BCUT2D eigenvalue weighted by Crippen LogP contribution is 2.17. The fraction of sp³-hybridized carbons (Fsp3) is 0.467. The first-order valence-electron chi connectivity index (χ1n) is 6.60. The van der Waals surface area contributed by atoms with Gasteiger partial charge in [-0.15, -0.1) is 12.4 Å². The molecular weight excluding hydrogens is 290 g/mol. The summed E-state index contributed by atoms with van der Waals surface area (Å²) < 4.78 is 0. The number of halogens is 1. The number of rotatable bonds is 4. The summed E-state index contributed by atoms with van der Waals surface area (Å²) in [6.07, 6.45) is 0. The molecule has 0 fully saturated rings. The Morgan fingerprint density at radius 3 is 2.14 bits per heavy atom. The molecule has 0 aromatic heterocycles. The van der Waals surface area contributed by atoms with E-state index in [0.717, 1.165) is 5.56 Å². The lowest BCUT2D eigenvalue weighted by molar-refractivity contribution is -0.124. The molecule has 0 saturated heterocycles. The van der Waals surface area contributed by atoms with Crippen LogP contribution in [0.25, 0.3) is 0 Å². The summed E-state index contributed by atoms with van der Waals surface area (Å²) in [6.45, 7) is 6.18. The van der Waals surface area contributed by atoms with Crippen molar-refractivity contribution in [3.8, 4) is 0 Å². The number of carbonyl (C=O) groups excluding carboxylic acids is 2. The molecule has 4 N–H and O–H groups in total. The number of amides is 2. The molecule has 2 amide bonds. The van der Waals surface area contributed by atoms with Crippen molar-refractivity contribution in [3.63, 3.8) is 0 Å². The molecule has 1 aromatic rings.